The van der Waals surface area contributed by atoms with Gasteiger partial charge in [-0.05, 0) is 19.9 Å². The molecule has 0 aliphatic rings. The van der Waals surface area contributed by atoms with Crippen LogP contribution in [-0.4, -0.2) is 35.1 Å². The fourth-order valence-electron chi connectivity index (χ4n) is 2.26. The minimum atomic E-state index is -2.09. The molecule has 0 saturated heterocycles. The van der Waals surface area contributed by atoms with Crippen LogP contribution in [0.4, 0.5) is 0 Å². The van der Waals surface area contributed by atoms with Gasteiger partial charge in [0.25, 0.3) is 0 Å². The molecular formula is C14H32O3Si. The van der Waals surface area contributed by atoms with Crippen LogP contribution in [0.2, 0.25) is 6.04 Å². The zero-order chi connectivity index (χ0) is 13.7. The fraction of sp³-hybridized carbons (Fsp3) is 1.00. The molecule has 0 fully saturated rings. The summed E-state index contributed by atoms with van der Waals surface area (Å²) >= 11 is 0. The van der Waals surface area contributed by atoms with Gasteiger partial charge in [0.2, 0.25) is 0 Å². The molecule has 0 bridgehead atoms. The highest BCUT2D eigenvalue weighted by molar-refractivity contribution is 6.67. The minimum absolute atomic E-state index is 0.656. The largest absolute Gasteiger partial charge is 0.393 e. The molecule has 0 N–H and O–H groups in total. The second-order valence-electron chi connectivity index (χ2n) is 4.73. The summed E-state index contributed by atoms with van der Waals surface area (Å²) in [4.78, 5) is 0. The molecule has 0 atom stereocenters. The third-order valence-electron chi connectivity index (χ3n) is 3.09. The van der Waals surface area contributed by atoms with Crippen molar-refractivity contribution in [1.29, 1.82) is 0 Å². The Bertz CT molecular complexity index is 159. The van der Waals surface area contributed by atoms with Crippen molar-refractivity contribution in [2.24, 2.45) is 0 Å². The molecule has 0 saturated carbocycles. The van der Waals surface area contributed by atoms with Gasteiger partial charge in [-0.1, -0.05) is 45.4 Å². The fourth-order valence-corrected chi connectivity index (χ4v) is 5.23. The highest BCUT2D eigenvalue weighted by atomic mass is 28.4. The van der Waals surface area contributed by atoms with Crippen LogP contribution in [0.1, 0.15) is 59.3 Å². The van der Waals surface area contributed by atoms with Crippen LogP contribution in [0.25, 0.3) is 0 Å². The standard InChI is InChI=1S/C14H32O3Si/c1-5-8-9-10-11-12-13-18(14-15-4,16-6-2)17-7-3/h5-14H2,1-4H3. The lowest BCUT2D eigenvalue weighted by molar-refractivity contribution is 0.131. The number of rotatable bonds is 13. The highest BCUT2D eigenvalue weighted by Gasteiger charge is 2.36. The normalized spacial score (nSPS) is 12.0. The van der Waals surface area contributed by atoms with Crippen molar-refractivity contribution in [1.82, 2.24) is 0 Å². The van der Waals surface area contributed by atoms with Gasteiger partial charge in [-0.15, -0.1) is 0 Å². The summed E-state index contributed by atoms with van der Waals surface area (Å²) in [7, 11) is -0.349. The average molecular weight is 276 g/mol. The lowest BCUT2D eigenvalue weighted by Gasteiger charge is -2.29. The summed E-state index contributed by atoms with van der Waals surface area (Å²) in [6.45, 7) is 7.78. The van der Waals surface area contributed by atoms with Gasteiger partial charge in [-0.2, -0.15) is 0 Å². The number of ether oxygens (including phenoxy) is 1. The quantitative estimate of drug-likeness (QED) is 0.375. The van der Waals surface area contributed by atoms with Crippen molar-refractivity contribution in [3.8, 4) is 0 Å². The zero-order valence-corrected chi connectivity index (χ0v) is 13.8. The zero-order valence-electron chi connectivity index (χ0n) is 12.8. The molecule has 0 aliphatic heterocycles. The first kappa shape index (κ1) is 18.1. The van der Waals surface area contributed by atoms with Gasteiger partial charge in [0.15, 0.2) is 0 Å². The Kier molecular flexibility index (Phi) is 12.2. The van der Waals surface area contributed by atoms with Crippen LogP contribution in [0.5, 0.6) is 0 Å². The topological polar surface area (TPSA) is 27.7 Å². The molecule has 0 aliphatic carbocycles. The van der Waals surface area contributed by atoms with E-state index in [9.17, 15) is 0 Å². The van der Waals surface area contributed by atoms with E-state index in [1.165, 1.54) is 38.5 Å². The summed E-state index contributed by atoms with van der Waals surface area (Å²) in [5, 5.41) is 0. The monoisotopic (exact) mass is 276 g/mol. The molecule has 0 aromatic heterocycles. The van der Waals surface area contributed by atoms with Crippen LogP contribution in [0, 0.1) is 0 Å². The highest BCUT2D eigenvalue weighted by Crippen LogP contribution is 2.19. The lowest BCUT2D eigenvalue weighted by Crippen LogP contribution is -2.47. The molecule has 0 spiro atoms. The summed E-state index contributed by atoms with van der Waals surface area (Å²) in [6.07, 6.45) is 8.52. The average Bonchev–Trinajstić information content (AvgIpc) is 2.35. The molecule has 0 unspecified atom stereocenters. The predicted octanol–water partition coefficient (Wildman–Crippen LogP) is 4.05. The van der Waals surface area contributed by atoms with Crippen LogP contribution in [-0.2, 0) is 13.6 Å². The molecule has 4 heteroatoms. The Morgan fingerprint density at radius 3 is 1.83 bits per heavy atom. The maximum atomic E-state index is 5.93. The van der Waals surface area contributed by atoms with Gasteiger partial charge in [-0.25, -0.2) is 0 Å². The predicted molar refractivity (Wildman–Crippen MR) is 79.1 cm³/mol. The minimum Gasteiger partial charge on any atom is -0.393 e. The van der Waals surface area contributed by atoms with Crippen molar-refractivity contribution in [3.05, 3.63) is 0 Å². The van der Waals surface area contributed by atoms with Gasteiger partial charge in [0.05, 0.1) is 6.23 Å². The number of methoxy groups -OCH3 is 1. The van der Waals surface area contributed by atoms with Crippen molar-refractivity contribution in [2.75, 3.05) is 26.6 Å². The molecule has 0 rings (SSSR count). The Balaban J connectivity index is 3.97. The summed E-state index contributed by atoms with van der Waals surface area (Å²) in [5.74, 6) is 0. The van der Waals surface area contributed by atoms with Gasteiger partial charge in [-0.3, -0.25) is 0 Å². The number of hydrogen-bond donors (Lipinski definition) is 0. The first-order chi connectivity index (χ1) is 8.74. The third kappa shape index (κ3) is 8.24. The first-order valence-corrected chi connectivity index (χ1v) is 9.74. The van der Waals surface area contributed by atoms with Gasteiger partial charge in [0, 0.05) is 20.3 Å². The maximum absolute atomic E-state index is 5.93. The molecule has 18 heavy (non-hydrogen) atoms. The Morgan fingerprint density at radius 2 is 1.33 bits per heavy atom. The van der Waals surface area contributed by atoms with Crippen LogP contribution < -0.4 is 0 Å². The summed E-state index contributed by atoms with van der Waals surface area (Å²) < 4.78 is 17.2. The van der Waals surface area contributed by atoms with Crippen molar-refractivity contribution >= 4 is 8.56 Å². The van der Waals surface area contributed by atoms with Crippen LogP contribution >= 0.6 is 0 Å². The van der Waals surface area contributed by atoms with E-state index >= 15 is 0 Å². The van der Waals surface area contributed by atoms with Gasteiger partial charge in [0.1, 0.15) is 0 Å². The summed E-state index contributed by atoms with van der Waals surface area (Å²) in [5.41, 5.74) is 0. The third-order valence-corrected chi connectivity index (χ3v) is 6.56. The Labute approximate surface area is 114 Å². The molecule has 3 nitrogen and oxygen atoms in total. The van der Waals surface area contributed by atoms with E-state index in [0.717, 1.165) is 19.3 Å². The molecule has 0 aromatic carbocycles. The van der Waals surface area contributed by atoms with Crippen LogP contribution in [0.3, 0.4) is 0 Å². The second kappa shape index (κ2) is 12.1. The van der Waals surface area contributed by atoms with E-state index in [1.54, 1.807) is 7.11 Å². The van der Waals surface area contributed by atoms with Crippen molar-refractivity contribution in [3.63, 3.8) is 0 Å². The van der Waals surface area contributed by atoms with E-state index < -0.39 is 8.56 Å². The van der Waals surface area contributed by atoms with Gasteiger partial charge < -0.3 is 13.6 Å². The molecule has 0 aromatic rings. The lowest BCUT2D eigenvalue weighted by atomic mass is 10.1. The first-order valence-electron chi connectivity index (χ1n) is 7.51. The SMILES string of the molecule is CCCCCCCC[Si](COC)(OCC)OCC. The van der Waals surface area contributed by atoms with Crippen molar-refractivity contribution < 1.29 is 13.6 Å². The molecule has 0 radical (unpaired) electrons. The number of hydrogen-bond acceptors (Lipinski definition) is 3. The van der Waals surface area contributed by atoms with E-state index in [4.69, 9.17) is 13.6 Å². The number of unbranched alkanes of at least 4 members (excludes halogenated alkanes) is 5. The van der Waals surface area contributed by atoms with E-state index in [1.807, 2.05) is 13.8 Å². The van der Waals surface area contributed by atoms with E-state index in [0.29, 0.717) is 6.23 Å². The van der Waals surface area contributed by atoms with E-state index in [-0.39, 0.29) is 0 Å². The van der Waals surface area contributed by atoms with Gasteiger partial charge >= 0.3 is 8.56 Å². The molecular weight excluding hydrogens is 244 g/mol. The van der Waals surface area contributed by atoms with E-state index in [2.05, 4.69) is 6.92 Å². The Hall–Kier alpha value is 0.0969. The Morgan fingerprint density at radius 1 is 0.778 bits per heavy atom. The second-order valence-corrected chi connectivity index (χ2v) is 7.91. The maximum Gasteiger partial charge on any atom is 0.364 e. The molecule has 110 valence electrons. The molecule has 0 amide bonds. The van der Waals surface area contributed by atoms with Crippen molar-refractivity contribution in [2.45, 2.75) is 65.3 Å². The summed E-state index contributed by atoms with van der Waals surface area (Å²) in [6, 6.07) is 1.06. The molecule has 0 heterocycles. The smallest absolute Gasteiger partial charge is 0.364 e. The van der Waals surface area contributed by atoms with Crippen LogP contribution in [0.15, 0.2) is 0 Å².